The Morgan fingerprint density at radius 3 is 1.56 bits per heavy atom. The van der Waals surface area contributed by atoms with Crippen molar-refractivity contribution < 1.29 is 4.11 Å². The molecule has 406 valence electrons. The lowest BCUT2D eigenvalue weighted by atomic mass is 9.33. The van der Waals surface area contributed by atoms with Crippen molar-refractivity contribution in [2.45, 2.75) is 182 Å². The molecule has 3 aliphatic carbocycles. The van der Waals surface area contributed by atoms with Gasteiger partial charge in [0.15, 0.2) is 0 Å². The van der Waals surface area contributed by atoms with Gasteiger partial charge in [-0.05, 0) is 221 Å². The van der Waals surface area contributed by atoms with Crippen molar-refractivity contribution in [2.24, 2.45) is 0 Å². The molecule has 2 aliphatic heterocycles. The lowest BCUT2D eigenvalue weighted by Crippen LogP contribution is -2.61. The van der Waals surface area contributed by atoms with Crippen LogP contribution in [0.4, 0.5) is 51.2 Å². The van der Waals surface area contributed by atoms with Gasteiger partial charge in [-0.25, -0.2) is 0 Å². The van der Waals surface area contributed by atoms with Crippen molar-refractivity contribution >= 4 is 74.3 Å². The summed E-state index contributed by atoms with van der Waals surface area (Å²) in [5.74, 6) is 0. The van der Waals surface area contributed by atoms with Gasteiger partial charge in [-0.1, -0.05) is 184 Å². The van der Waals surface area contributed by atoms with Gasteiger partial charge >= 0.3 is 0 Å². The molecule has 8 aromatic rings. The van der Waals surface area contributed by atoms with Crippen molar-refractivity contribution in [1.82, 2.24) is 0 Å². The Morgan fingerprint density at radius 1 is 0.450 bits per heavy atom. The van der Waals surface area contributed by atoms with Gasteiger partial charge in [-0.3, -0.25) is 0 Å². The Balaban J connectivity index is 1.14. The number of aryl methyl sites for hydroxylation is 2. The molecule has 13 rings (SSSR count). The largest absolute Gasteiger partial charge is 0.311 e. The van der Waals surface area contributed by atoms with Gasteiger partial charge in [0.05, 0.1) is 0 Å². The molecule has 0 spiro atoms. The summed E-state index contributed by atoms with van der Waals surface area (Å²) >= 11 is 0. The quantitative estimate of drug-likeness (QED) is 0.159. The minimum Gasteiger partial charge on any atom is -0.311 e. The number of hydrogen-bond acceptors (Lipinski definition) is 3. The summed E-state index contributed by atoms with van der Waals surface area (Å²) in [7, 11) is 0. The molecule has 0 saturated heterocycles. The summed E-state index contributed by atoms with van der Waals surface area (Å²) in [5, 5.41) is 0. The molecule has 0 unspecified atom stereocenters. The first-order chi connectivity index (χ1) is 38.7. The zero-order valence-electron chi connectivity index (χ0n) is 53.9. The summed E-state index contributed by atoms with van der Waals surface area (Å²) in [6.45, 7) is 37.3. The second-order valence-corrected chi connectivity index (χ2v) is 30.0. The zero-order valence-corrected chi connectivity index (χ0v) is 50.9. The maximum absolute atomic E-state index is 9.42. The van der Waals surface area contributed by atoms with Gasteiger partial charge in [0.2, 0.25) is 0 Å². The highest BCUT2D eigenvalue weighted by Crippen LogP contribution is 2.56. The van der Waals surface area contributed by atoms with E-state index in [-0.39, 0.29) is 44.6 Å². The molecule has 4 heteroatoms. The molecule has 0 atom stereocenters. The number of anilines is 9. The van der Waals surface area contributed by atoms with E-state index in [1.54, 1.807) is 0 Å². The Morgan fingerprint density at radius 2 is 0.963 bits per heavy atom. The number of nitrogens with zero attached hydrogens (tertiary/aromatic N) is 3. The summed E-state index contributed by atoms with van der Waals surface area (Å²) in [5.41, 5.74) is 27.1. The second-order valence-electron chi connectivity index (χ2n) is 30.0. The average molecular weight is 1050 g/mol. The molecule has 80 heavy (non-hydrogen) atoms. The molecule has 0 aromatic heterocycles. The monoisotopic (exact) mass is 1050 g/mol. The van der Waals surface area contributed by atoms with E-state index in [0.717, 1.165) is 75.9 Å². The van der Waals surface area contributed by atoms with Gasteiger partial charge in [0.1, 0.15) is 0 Å². The van der Waals surface area contributed by atoms with Crippen LogP contribution in [0.2, 0.25) is 0 Å². The molecular weight excluding hydrogens is 966 g/mol. The van der Waals surface area contributed by atoms with Crippen LogP contribution in [0.5, 0.6) is 0 Å². The summed E-state index contributed by atoms with van der Waals surface area (Å²) in [6, 6.07) is 55.5. The predicted octanol–water partition coefficient (Wildman–Crippen LogP) is 19.1. The molecule has 3 nitrogen and oxygen atoms in total. The highest BCUT2D eigenvalue weighted by atomic mass is 15.2. The van der Waals surface area contributed by atoms with Crippen molar-refractivity contribution in [1.29, 1.82) is 0 Å². The van der Waals surface area contributed by atoms with Crippen molar-refractivity contribution in [3.8, 4) is 11.1 Å². The fraction of sp³-hybridized carbons (Fsp3) is 0.368. The number of rotatable bonds is 5. The molecule has 0 bridgehead atoms. The van der Waals surface area contributed by atoms with E-state index in [4.69, 9.17) is 0 Å². The molecule has 5 aliphatic rings. The van der Waals surface area contributed by atoms with Crippen LogP contribution in [-0.4, -0.2) is 6.71 Å². The van der Waals surface area contributed by atoms with E-state index in [9.17, 15) is 4.11 Å². The Hall–Kier alpha value is -6.78. The Labute approximate surface area is 484 Å². The van der Waals surface area contributed by atoms with E-state index in [2.05, 4.69) is 266 Å². The third kappa shape index (κ3) is 7.87. The molecule has 2 heterocycles. The molecule has 0 amide bonds. The van der Waals surface area contributed by atoms with E-state index >= 15 is 0 Å². The minimum atomic E-state index is -2.42. The smallest absolute Gasteiger partial charge is 0.252 e. The zero-order chi connectivity index (χ0) is 59.3. The fourth-order valence-corrected chi connectivity index (χ4v) is 15.6. The van der Waals surface area contributed by atoms with Gasteiger partial charge in [0, 0.05) is 60.7 Å². The standard InChI is InChI=1S/C76H84BN3/c1-46-37-67-69-68(38-46)80(64-43-60-58(39-47(64)2)72(9,10)35-36-73(60,11)12)66-44-61-59(74(13,14)45-75(61,15)16)42-63(66)77(69)62-34-32-53(41-65(62)79(67)52-31-33-55-54-21-19-20-22-56(54)76(17,18)57(55)40-52)78(50-27-23-48(24-28-50)70(3,4)5)51-29-25-49(26-30-51)71(6,7)8/h19-34,37-44H,35-36,45H2,1-18H3/i1D3. The highest BCUT2D eigenvalue weighted by molar-refractivity contribution is 7.00. The van der Waals surface area contributed by atoms with E-state index in [1.807, 2.05) is 12.1 Å². The number of fused-ring (bicyclic) bond motifs is 9. The maximum Gasteiger partial charge on any atom is 0.252 e. The molecule has 0 fully saturated rings. The van der Waals surface area contributed by atoms with Crippen LogP contribution in [-0.2, 0) is 37.9 Å². The van der Waals surface area contributed by atoms with Gasteiger partial charge < -0.3 is 14.7 Å². The van der Waals surface area contributed by atoms with Crippen LogP contribution in [0.1, 0.15) is 190 Å². The number of hydrogen-bond donors (Lipinski definition) is 0. The lowest BCUT2D eigenvalue weighted by Gasteiger charge is -2.47. The molecular formula is C76H84BN3. The average Bonchev–Trinajstić information content (AvgIpc) is 1.53. The van der Waals surface area contributed by atoms with Crippen LogP contribution in [0.25, 0.3) is 11.1 Å². The van der Waals surface area contributed by atoms with E-state index in [1.165, 1.54) is 72.1 Å². The van der Waals surface area contributed by atoms with Crippen LogP contribution >= 0.6 is 0 Å². The minimum absolute atomic E-state index is 0.0152. The molecule has 0 radical (unpaired) electrons. The van der Waals surface area contributed by atoms with Crippen LogP contribution < -0.4 is 31.1 Å². The normalized spacial score (nSPS) is 18.9. The fourth-order valence-electron chi connectivity index (χ4n) is 15.6. The van der Waals surface area contributed by atoms with Crippen molar-refractivity contribution in [3.63, 3.8) is 0 Å². The second kappa shape index (κ2) is 17.1. The SMILES string of the molecule is [2H]C([2H])([2H])c1cc2c3c(c1)N(c1cc4c(cc1C)C(C)(C)CCC4(C)C)c1cc4c(cc1B3c1ccc(N(c3ccc(C(C)(C)C)cc3)c3ccc(C(C)(C)C)cc3)cc1N2c1ccc2c(c1)C(C)(C)c1ccccc1-2)C(C)(C)CC4(C)C. The third-order valence-corrected chi connectivity index (χ3v) is 20.0. The van der Waals surface area contributed by atoms with Gasteiger partial charge in [0.25, 0.3) is 6.71 Å². The summed E-state index contributed by atoms with van der Waals surface area (Å²) in [4.78, 5) is 7.37. The first kappa shape index (κ1) is 49.1. The van der Waals surface area contributed by atoms with Crippen LogP contribution in [0.3, 0.4) is 0 Å². The lowest BCUT2D eigenvalue weighted by molar-refractivity contribution is 0.332. The topological polar surface area (TPSA) is 9.72 Å². The maximum atomic E-state index is 9.42. The van der Waals surface area contributed by atoms with Crippen molar-refractivity contribution in [2.75, 3.05) is 14.7 Å². The summed E-state index contributed by atoms with van der Waals surface area (Å²) < 4.78 is 28.3. The molecule has 0 saturated carbocycles. The number of benzene rings is 8. The molecule has 0 N–H and O–H groups in total. The molecule has 8 aromatic carbocycles. The Bertz CT molecular complexity index is 3950. The van der Waals surface area contributed by atoms with Gasteiger partial charge in [-0.2, -0.15) is 0 Å². The Kier molecular flexibility index (Phi) is 10.5. The third-order valence-electron chi connectivity index (χ3n) is 20.0. The first-order valence-corrected chi connectivity index (χ1v) is 29.7. The van der Waals surface area contributed by atoms with Gasteiger partial charge in [-0.15, -0.1) is 0 Å². The first-order valence-electron chi connectivity index (χ1n) is 31.2. The summed E-state index contributed by atoms with van der Waals surface area (Å²) in [6.07, 6.45) is 3.24. The predicted molar refractivity (Wildman–Crippen MR) is 346 cm³/mol. The van der Waals surface area contributed by atoms with E-state index in [0.29, 0.717) is 5.56 Å². The van der Waals surface area contributed by atoms with Crippen LogP contribution in [0, 0.1) is 13.8 Å². The van der Waals surface area contributed by atoms with Crippen molar-refractivity contribution in [3.05, 3.63) is 201 Å². The highest BCUT2D eigenvalue weighted by Gasteiger charge is 2.49. The van der Waals surface area contributed by atoms with E-state index < -0.39 is 6.85 Å². The van der Waals surface area contributed by atoms with Crippen LogP contribution in [0.15, 0.2) is 146 Å².